The Bertz CT molecular complexity index is 1110. The molecule has 0 bridgehead atoms. The van der Waals surface area contributed by atoms with E-state index in [1.807, 2.05) is 49.4 Å². The van der Waals surface area contributed by atoms with Gasteiger partial charge in [-0.3, -0.25) is 0 Å². The second-order valence-electron chi connectivity index (χ2n) is 6.97. The van der Waals surface area contributed by atoms with Crippen LogP contribution >= 0.6 is 11.8 Å². The quantitative estimate of drug-likeness (QED) is 0.434. The Morgan fingerprint density at radius 3 is 2.65 bits per heavy atom. The smallest absolute Gasteiger partial charge is 0.338 e. The number of thioether (sulfide) groups is 1. The number of hydrogen-bond donors (Lipinski definition) is 1. The molecule has 3 aromatic rings. The van der Waals surface area contributed by atoms with E-state index in [0.29, 0.717) is 28.1 Å². The standard InChI is InChI=1S/C23H24N4O3S/c1-4-30-21(28)19-15(2)24-22-25-23(31-14-16-10-6-5-7-11-16)26-27(22)20(19)17-12-8-9-13-18(17)29-3/h5-13,20H,4,14H2,1-3H3,(H,24,25,26)/t20-/m1/s1. The summed E-state index contributed by atoms with van der Waals surface area (Å²) in [7, 11) is 1.61. The van der Waals surface area contributed by atoms with Crippen molar-refractivity contribution in [1.29, 1.82) is 0 Å². The molecule has 0 spiro atoms. The molecule has 2 heterocycles. The predicted octanol–water partition coefficient (Wildman–Crippen LogP) is 4.43. The number of nitrogens with zero attached hydrogens (tertiary/aromatic N) is 3. The number of carbonyl (C=O) groups is 1. The van der Waals surface area contributed by atoms with Crippen LogP contribution in [0.15, 0.2) is 71.0 Å². The fourth-order valence-electron chi connectivity index (χ4n) is 3.57. The normalized spacial score (nSPS) is 15.3. The van der Waals surface area contributed by atoms with Crippen LogP contribution in [0.4, 0.5) is 5.95 Å². The fourth-order valence-corrected chi connectivity index (χ4v) is 4.35. The first-order valence-corrected chi connectivity index (χ1v) is 11.0. The van der Waals surface area contributed by atoms with Crippen LogP contribution in [0, 0.1) is 0 Å². The van der Waals surface area contributed by atoms with Crippen LogP contribution in [-0.2, 0) is 15.3 Å². The largest absolute Gasteiger partial charge is 0.496 e. The van der Waals surface area contributed by atoms with Crippen LogP contribution in [0.2, 0.25) is 0 Å². The fraction of sp³-hybridized carbons (Fsp3) is 0.261. The van der Waals surface area contributed by atoms with Gasteiger partial charge in [-0.15, -0.1) is 5.10 Å². The Kier molecular flexibility index (Phi) is 6.27. The monoisotopic (exact) mass is 436 g/mol. The van der Waals surface area contributed by atoms with Crippen LogP contribution in [0.1, 0.15) is 31.0 Å². The maximum Gasteiger partial charge on any atom is 0.338 e. The van der Waals surface area contributed by atoms with E-state index in [9.17, 15) is 4.79 Å². The first-order chi connectivity index (χ1) is 15.1. The third kappa shape index (κ3) is 4.29. The SMILES string of the molecule is CCOC(=O)C1=C(C)Nc2nc(SCc3ccccc3)nn2[C@@H]1c1ccccc1OC. The lowest BCUT2D eigenvalue weighted by Gasteiger charge is -2.28. The maximum absolute atomic E-state index is 12.9. The summed E-state index contributed by atoms with van der Waals surface area (Å²) in [5, 5.41) is 8.58. The number of rotatable bonds is 7. The molecule has 0 fully saturated rings. The number of methoxy groups -OCH3 is 1. The lowest BCUT2D eigenvalue weighted by atomic mass is 9.95. The molecule has 0 amide bonds. The van der Waals surface area contributed by atoms with Crippen molar-refractivity contribution < 1.29 is 14.3 Å². The van der Waals surface area contributed by atoms with Crippen LogP contribution in [0.25, 0.3) is 0 Å². The Hall–Kier alpha value is -3.26. The second-order valence-corrected chi connectivity index (χ2v) is 7.91. The minimum Gasteiger partial charge on any atom is -0.496 e. The minimum atomic E-state index is -0.509. The first kappa shape index (κ1) is 21.0. The molecule has 1 atom stereocenters. The van der Waals surface area contributed by atoms with Gasteiger partial charge >= 0.3 is 5.97 Å². The third-order valence-corrected chi connectivity index (χ3v) is 5.88. The van der Waals surface area contributed by atoms with Gasteiger partial charge < -0.3 is 14.8 Å². The molecule has 0 aliphatic carbocycles. The van der Waals surface area contributed by atoms with Crippen molar-refractivity contribution >= 4 is 23.7 Å². The molecule has 1 aromatic heterocycles. The molecule has 160 valence electrons. The molecule has 0 radical (unpaired) electrons. The molecule has 2 aromatic carbocycles. The topological polar surface area (TPSA) is 78.3 Å². The third-order valence-electron chi connectivity index (χ3n) is 4.97. The molecule has 7 nitrogen and oxygen atoms in total. The number of aromatic nitrogens is 3. The highest BCUT2D eigenvalue weighted by Gasteiger charge is 2.36. The van der Waals surface area contributed by atoms with E-state index < -0.39 is 6.04 Å². The number of anilines is 1. The van der Waals surface area contributed by atoms with Gasteiger partial charge in [0.2, 0.25) is 11.1 Å². The van der Waals surface area contributed by atoms with E-state index in [1.165, 1.54) is 5.56 Å². The van der Waals surface area contributed by atoms with Crippen molar-refractivity contribution in [3.05, 3.63) is 77.0 Å². The van der Waals surface area contributed by atoms with Gasteiger partial charge in [0.15, 0.2) is 0 Å². The van der Waals surface area contributed by atoms with Crippen molar-refractivity contribution in [3.63, 3.8) is 0 Å². The number of allylic oxidation sites excluding steroid dienone is 1. The van der Waals surface area contributed by atoms with Gasteiger partial charge in [-0.2, -0.15) is 4.98 Å². The summed E-state index contributed by atoms with van der Waals surface area (Å²) < 4.78 is 12.7. The first-order valence-electron chi connectivity index (χ1n) is 10.0. The van der Waals surface area contributed by atoms with Gasteiger partial charge in [-0.25, -0.2) is 9.48 Å². The second kappa shape index (κ2) is 9.26. The molecule has 4 rings (SSSR count). The lowest BCUT2D eigenvalue weighted by molar-refractivity contribution is -0.139. The number of para-hydroxylation sites is 1. The van der Waals surface area contributed by atoms with E-state index in [2.05, 4.69) is 22.4 Å². The summed E-state index contributed by atoms with van der Waals surface area (Å²) in [5.41, 5.74) is 3.19. The Labute approximate surface area is 185 Å². The van der Waals surface area contributed by atoms with Gasteiger partial charge in [0, 0.05) is 17.0 Å². The van der Waals surface area contributed by atoms with Crippen molar-refractivity contribution in [2.75, 3.05) is 19.0 Å². The number of hydrogen-bond acceptors (Lipinski definition) is 7. The molecule has 0 saturated heterocycles. The Morgan fingerprint density at radius 2 is 1.90 bits per heavy atom. The van der Waals surface area contributed by atoms with Crippen molar-refractivity contribution in [2.24, 2.45) is 0 Å². The number of carbonyl (C=O) groups excluding carboxylic acids is 1. The highest BCUT2D eigenvalue weighted by Crippen LogP contribution is 2.40. The van der Waals surface area contributed by atoms with E-state index in [4.69, 9.17) is 14.6 Å². The van der Waals surface area contributed by atoms with Gasteiger partial charge in [0.05, 0.1) is 19.3 Å². The van der Waals surface area contributed by atoms with Crippen LogP contribution in [0.3, 0.4) is 0 Å². The Balaban J connectivity index is 1.74. The van der Waals surface area contributed by atoms with Crippen LogP contribution < -0.4 is 10.1 Å². The molecule has 0 unspecified atom stereocenters. The van der Waals surface area contributed by atoms with Crippen LogP contribution in [0.5, 0.6) is 5.75 Å². The average Bonchev–Trinajstić information content (AvgIpc) is 3.20. The van der Waals surface area contributed by atoms with Crippen molar-refractivity contribution in [1.82, 2.24) is 14.8 Å². The van der Waals surface area contributed by atoms with Crippen molar-refractivity contribution in [3.8, 4) is 5.75 Å². The zero-order chi connectivity index (χ0) is 21.8. The zero-order valence-electron chi connectivity index (χ0n) is 17.7. The summed E-state index contributed by atoms with van der Waals surface area (Å²) >= 11 is 1.55. The molecular formula is C23H24N4O3S. The molecule has 31 heavy (non-hydrogen) atoms. The van der Waals surface area contributed by atoms with Crippen LogP contribution in [-0.4, -0.2) is 34.5 Å². The van der Waals surface area contributed by atoms with Gasteiger partial charge in [-0.05, 0) is 25.5 Å². The maximum atomic E-state index is 12.9. The van der Waals surface area contributed by atoms with Gasteiger partial charge in [0.1, 0.15) is 11.8 Å². The highest BCUT2D eigenvalue weighted by molar-refractivity contribution is 7.98. The Morgan fingerprint density at radius 1 is 1.16 bits per heavy atom. The van der Waals surface area contributed by atoms with Gasteiger partial charge in [0.25, 0.3) is 0 Å². The highest BCUT2D eigenvalue weighted by atomic mass is 32.2. The predicted molar refractivity (Wildman–Crippen MR) is 120 cm³/mol. The molecule has 1 N–H and O–H groups in total. The summed E-state index contributed by atoms with van der Waals surface area (Å²) in [4.78, 5) is 17.6. The minimum absolute atomic E-state index is 0.288. The lowest BCUT2D eigenvalue weighted by Crippen LogP contribution is -2.30. The summed E-state index contributed by atoms with van der Waals surface area (Å²) in [6, 6.07) is 17.3. The van der Waals surface area contributed by atoms with Gasteiger partial charge in [-0.1, -0.05) is 60.3 Å². The van der Waals surface area contributed by atoms with Crippen molar-refractivity contribution in [2.45, 2.75) is 30.8 Å². The average molecular weight is 437 g/mol. The number of ether oxygens (including phenoxy) is 2. The molecule has 0 saturated carbocycles. The number of esters is 1. The summed E-state index contributed by atoms with van der Waals surface area (Å²) in [6.07, 6.45) is 0. The number of fused-ring (bicyclic) bond motifs is 1. The van der Waals surface area contributed by atoms with E-state index in [0.717, 1.165) is 11.3 Å². The molecule has 8 heteroatoms. The number of nitrogens with one attached hydrogen (secondary N) is 1. The van der Waals surface area contributed by atoms with E-state index in [1.54, 1.807) is 30.5 Å². The molecule has 1 aliphatic heterocycles. The van der Waals surface area contributed by atoms with E-state index >= 15 is 0 Å². The summed E-state index contributed by atoms with van der Waals surface area (Å²) in [5.74, 6) is 1.62. The molecule has 1 aliphatic rings. The number of benzene rings is 2. The zero-order valence-corrected chi connectivity index (χ0v) is 18.5. The summed E-state index contributed by atoms with van der Waals surface area (Å²) in [6.45, 7) is 3.93. The molecular weight excluding hydrogens is 412 g/mol. The van der Waals surface area contributed by atoms with E-state index in [-0.39, 0.29) is 12.6 Å².